The van der Waals surface area contributed by atoms with Gasteiger partial charge < -0.3 is 5.32 Å². The smallest absolute Gasteiger partial charge is 0.164 e. The summed E-state index contributed by atoms with van der Waals surface area (Å²) in [5.41, 5.74) is 2.06. The summed E-state index contributed by atoms with van der Waals surface area (Å²) in [7, 11) is 1.86. The number of hydrogen-bond donors (Lipinski definition) is 1. The number of benzene rings is 1. The van der Waals surface area contributed by atoms with Crippen molar-refractivity contribution in [3.05, 3.63) is 35.4 Å². The first kappa shape index (κ1) is 10.9. The SMILES string of the molecule is CCc1cccc(C(=O)CCNC)c1. The average Bonchev–Trinajstić information content (AvgIpc) is 2.26. The standard InChI is InChI=1S/C12H17NO/c1-3-10-5-4-6-11(9-10)12(14)7-8-13-2/h4-6,9,13H,3,7-8H2,1-2H3. The first-order valence-corrected chi connectivity index (χ1v) is 5.04. The van der Waals surface area contributed by atoms with Crippen LogP contribution < -0.4 is 5.32 Å². The molecule has 0 atom stereocenters. The van der Waals surface area contributed by atoms with Crippen LogP contribution in [0.2, 0.25) is 0 Å². The van der Waals surface area contributed by atoms with E-state index in [1.165, 1.54) is 5.56 Å². The van der Waals surface area contributed by atoms with Gasteiger partial charge in [-0.05, 0) is 25.1 Å². The lowest BCUT2D eigenvalue weighted by molar-refractivity contribution is 0.0983. The quantitative estimate of drug-likeness (QED) is 0.722. The molecular weight excluding hydrogens is 174 g/mol. The van der Waals surface area contributed by atoms with Gasteiger partial charge in [-0.15, -0.1) is 0 Å². The van der Waals surface area contributed by atoms with Crippen LogP contribution in [0, 0.1) is 0 Å². The van der Waals surface area contributed by atoms with Crippen LogP contribution in [-0.2, 0) is 6.42 Å². The zero-order valence-corrected chi connectivity index (χ0v) is 8.84. The van der Waals surface area contributed by atoms with Gasteiger partial charge in [0.25, 0.3) is 0 Å². The van der Waals surface area contributed by atoms with Gasteiger partial charge in [0.2, 0.25) is 0 Å². The van der Waals surface area contributed by atoms with Crippen molar-refractivity contribution in [1.29, 1.82) is 0 Å². The van der Waals surface area contributed by atoms with Crippen molar-refractivity contribution in [2.45, 2.75) is 19.8 Å². The van der Waals surface area contributed by atoms with E-state index in [0.717, 1.165) is 18.5 Å². The molecule has 2 nitrogen and oxygen atoms in total. The number of carbonyl (C=O) groups is 1. The second kappa shape index (κ2) is 5.55. The molecule has 0 spiro atoms. The Labute approximate surface area is 85.3 Å². The Bertz CT molecular complexity index is 307. The summed E-state index contributed by atoms with van der Waals surface area (Å²) in [6.07, 6.45) is 1.55. The molecule has 0 aliphatic heterocycles. The van der Waals surface area contributed by atoms with Crippen molar-refractivity contribution in [2.75, 3.05) is 13.6 Å². The number of ketones is 1. The molecule has 0 saturated carbocycles. The highest BCUT2D eigenvalue weighted by atomic mass is 16.1. The van der Waals surface area contributed by atoms with Gasteiger partial charge in [0.05, 0.1) is 0 Å². The van der Waals surface area contributed by atoms with Gasteiger partial charge in [0, 0.05) is 18.5 Å². The molecule has 0 radical (unpaired) electrons. The second-order valence-corrected chi connectivity index (χ2v) is 3.33. The molecule has 1 aromatic carbocycles. The van der Waals surface area contributed by atoms with Crippen LogP contribution in [0.15, 0.2) is 24.3 Å². The van der Waals surface area contributed by atoms with Crippen LogP contribution in [0.3, 0.4) is 0 Å². The van der Waals surface area contributed by atoms with Crippen molar-refractivity contribution in [3.8, 4) is 0 Å². The fourth-order valence-electron chi connectivity index (χ4n) is 1.35. The van der Waals surface area contributed by atoms with E-state index in [1.54, 1.807) is 0 Å². The molecule has 76 valence electrons. The summed E-state index contributed by atoms with van der Waals surface area (Å²) >= 11 is 0. The molecule has 0 aliphatic carbocycles. The van der Waals surface area contributed by atoms with Crippen molar-refractivity contribution >= 4 is 5.78 Å². The summed E-state index contributed by atoms with van der Waals surface area (Å²) < 4.78 is 0. The first-order valence-electron chi connectivity index (χ1n) is 5.04. The normalized spacial score (nSPS) is 10.1. The molecule has 0 fully saturated rings. The molecule has 0 aromatic heterocycles. The molecule has 2 heteroatoms. The number of Topliss-reactive ketones (excluding diaryl/α,β-unsaturated/α-hetero) is 1. The number of aryl methyl sites for hydroxylation is 1. The number of hydrogen-bond acceptors (Lipinski definition) is 2. The van der Waals surface area contributed by atoms with Crippen LogP contribution in [-0.4, -0.2) is 19.4 Å². The lowest BCUT2D eigenvalue weighted by atomic mass is 10.0. The van der Waals surface area contributed by atoms with Crippen LogP contribution in [0.5, 0.6) is 0 Å². The van der Waals surface area contributed by atoms with E-state index >= 15 is 0 Å². The van der Waals surface area contributed by atoms with E-state index in [0.29, 0.717) is 6.42 Å². The van der Waals surface area contributed by atoms with Gasteiger partial charge in [-0.2, -0.15) is 0 Å². The third-order valence-corrected chi connectivity index (χ3v) is 2.26. The van der Waals surface area contributed by atoms with E-state index < -0.39 is 0 Å². The number of carbonyl (C=O) groups excluding carboxylic acids is 1. The van der Waals surface area contributed by atoms with Crippen molar-refractivity contribution in [3.63, 3.8) is 0 Å². The molecule has 1 rings (SSSR count). The third kappa shape index (κ3) is 2.96. The van der Waals surface area contributed by atoms with E-state index in [2.05, 4.69) is 18.3 Å². The summed E-state index contributed by atoms with van der Waals surface area (Å²) in [6.45, 7) is 2.84. The van der Waals surface area contributed by atoms with Gasteiger partial charge in [0.1, 0.15) is 0 Å². The Morgan fingerprint density at radius 3 is 2.86 bits per heavy atom. The Morgan fingerprint density at radius 1 is 1.43 bits per heavy atom. The van der Waals surface area contributed by atoms with Crippen LogP contribution in [0.1, 0.15) is 29.3 Å². The molecule has 0 aliphatic rings. The van der Waals surface area contributed by atoms with Crippen LogP contribution in [0.25, 0.3) is 0 Å². The fourth-order valence-corrected chi connectivity index (χ4v) is 1.35. The Hall–Kier alpha value is -1.15. The van der Waals surface area contributed by atoms with Crippen molar-refractivity contribution in [2.24, 2.45) is 0 Å². The monoisotopic (exact) mass is 191 g/mol. The minimum atomic E-state index is 0.217. The van der Waals surface area contributed by atoms with Crippen molar-refractivity contribution < 1.29 is 4.79 Å². The minimum Gasteiger partial charge on any atom is -0.319 e. The predicted octanol–water partition coefficient (Wildman–Crippen LogP) is 2.04. The molecule has 14 heavy (non-hydrogen) atoms. The van der Waals surface area contributed by atoms with E-state index in [9.17, 15) is 4.79 Å². The number of rotatable bonds is 5. The molecule has 0 amide bonds. The topological polar surface area (TPSA) is 29.1 Å². The highest BCUT2D eigenvalue weighted by Gasteiger charge is 2.04. The highest BCUT2D eigenvalue weighted by molar-refractivity contribution is 5.96. The summed E-state index contributed by atoms with van der Waals surface area (Å²) in [5.74, 6) is 0.217. The third-order valence-electron chi connectivity index (χ3n) is 2.26. The first-order chi connectivity index (χ1) is 6.77. The Morgan fingerprint density at radius 2 is 2.21 bits per heavy atom. The van der Waals surface area contributed by atoms with Gasteiger partial charge in [-0.1, -0.05) is 25.1 Å². The largest absolute Gasteiger partial charge is 0.319 e. The Kier molecular flexibility index (Phi) is 4.33. The summed E-state index contributed by atoms with van der Waals surface area (Å²) in [5, 5.41) is 2.98. The highest BCUT2D eigenvalue weighted by Crippen LogP contribution is 2.07. The minimum absolute atomic E-state index is 0.217. The zero-order chi connectivity index (χ0) is 10.4. The Balaban J connectivity index is 2.69. The molecule has 0 bridgehead atoms. The lowest BCUT2D eigenvalue weighted by Crippen LogP contribution is -2.13. The number of nitrogens with one attached hydrogen (secondary N) is 1. The van der Waals surface area contributed by atoms with Crippen molar-refractivity contribution in [1.82, 2.24) is 5.32 Å². The summed E-state index contributed by atoms with van der Waals surface area (Å²) in [6, 6.07) is 7.87. The van der Waals surface area contributed by atoms with E-state index in [1.807, 2.05) is 25.2 Å². The molecule has 0 heterocycles. The molecule has 0 saturated heterocycles. The second-order valence-electron chi connectivity index (χ2n) is 3.33. The maximum atomic E-state index is 11.6. The molecule has 1 N–H and O–H groups in total. The predicted molar refractivity (Wildman–Crippen MR) is 58.7 cm³/mol. The van der Waals surface area contributed by atoms with Gasteiger partial charge >= 0.3 is 0 Å². The van der Waals surface area contributed by atoms with Crippen LogP contribution in [0.4, 0.5) is 0 Å². The average molecular weight is 191 g/mol. The zero-order valence-electron chi connectivity index (χ0n) is 8.84. The summed E-state index contributed by atoms with van der Waals surface area (Å²) in [4.78, 5) is 11.6. The maximum Gasteiger partial charge on any atom is 0.164 e. The fraction of sp³-hybridized carbons (Fsp3) is 0.417. The van der Waals surface area contributed by atoms with E-state index in [-0.39, 0.29) is 5.78 Å². The molecule has 0 unspecified atom stereocenters. The lowest BCUT2D eigenvalue weighted by Gasteiger charge is -2.02. The van der Waals surface area contributed by atoms with Crippen LogP contribution >= 0.6 is 0 Å². The van der Waals surface area contributed by atoms with Gasteiger partial charge in [-0.25, -0.2) is 0 Å². The van der Waals surface area contributed by atoms with Gasteiger partial charge in [0.15, 0.2) is 5.78 Å². The molecule has 1 aromatic rings. The van der Waals surface area contributed by atoms with E-state index in [4.69, 9.17) is 0 Å². The maximum absolute atomic E-state index is 11.6. The molecular formula is C12H17NO. The van der Waals surface area contributed by atoms with Gasteiger partial charge in [-0.3, -0.25) is 4.79 Å².